The number of ether oxygens (including phenoxy) is 2. The summed E-state index contributed by atoms with van der Waals surface area (Å²) in [5.74, 6) is 0.0553. The van der Waals surface area contributed by atoms with Gasteiger partial charge in [0.05, 0.1) is 35.8 Å². The first-order valence-corrected chi connectivity index (χ1v) is 14.6. The van der Waals surface area contributed by atoms with Crippen LogP contribution >= 0.6 is 0 Å². The van der Waals surface area contributed by atoms with Crippen molar-refractivity contribution in [2.45, 2.75) is 56.8 Å². The lowest BCUT2D eigenvalue weighted by Crippen LogP contribution is -2.53. The summed E-state index contributed by atoms with van der Waals surface area (Å²) < 4.78 is 12.4. The third kappa shape index (κ3) is 6.32. The average Bonchev–Trinajstić information content (AvgIpc) is 3.47. The largest absolute Gasteiger partial charge is 0.490 e. The van der Waals surface area contributed by atoms with Gasteiger partial charge in [-0.05, 0) is 91.8 Å². The van der Waals surface area contributed by atoms with Crippen LogP contribution in [0, 0.1) is 11.3 Å². The van der Waals surface area contributed by atoms with Crippen LogP contribution in [-0.2, 0) is 22.4 Å². The standard InChI is InChI=1S/C33H33N5O5/c1-38-28-12-11-26(17-31(39)35-24-9-8-21-5-3-6-22(21)15-24)43-30(28)19-42-29-13-10-25(16-27(29)32(38)40)37-33(41)36-23-7-2-4-20(14-23)18-34/h2,4,7-10,13-16,26,28,30H,3,5-6,11-12,17,19H2,1H3,(H,35,39)(H2,36,37,41)/t26-,28+,30-/m1/s1. The molecule has 1 fully saturated rings. The van der Waals surface area contributed by atoms with Gasteiger partial charge in [0, 0.05) is 24.1 Å². The molecular weight excluding hydrogens is 546 g/mol. The fourth-order valence-electron chi connectivity index (χ4n) is 6.13. The first kappa shape index (κ1) is 28.2. The Labute approximate surface area is 250 Å². The van der Waals surface area contributed by atoms with E-state index in [0.717, 1.165) is 24.9 Å². The number of nitriles is 1. The number of urea groups is 1. The predicted octanol–water partition coefficient (Wildman–Crippen LogP) is 5.10. The first-order valence-electron chi connectivity index (χ1n) is 14.6. The van der Waals surface area contributed by atoms with E-state index in [1.807, 2.05) is 12.1 Å². The van der Waals surface area contributed by atoms with Crippen LogP contribution in [-0.4, -0.2) is 54.6 Å². The van der Waals surface area contributed by atoms with Gasteiger partial charge in [-0.15, -0.1) is 0 Å². The summed E-state index contributed by atoms with van der Waals surface area (Å²) in [5.41, 5.74) is 5.15. The molecule has 10 heteroatoms. The molecule has 4 amide bonds. The van der Waals surface area contributed by atoms with Gasteiger partial charge in [0.2, 0.25) is 5.91 Å². The summed E-state index contributed by atoms with van der Waals surface area (Å²) >= 11 is 0. The molecule has 0 spiro atoms. The Balaban J connectivity index is 1.08. The van der Waals surface area contributed by atoms with E-state index in [-0.39, 0.29) is 43.1 Å². The predicted molar refractivity (Wildman–Crippen MR) is 161 cm³/mol. The van der Waals surface area contributed by atoms with Gasteiger partial charge in [0.1, 0.15) is 18.5 Å². The highest BCUT2D eigenvalue weighted by molar-refractivity contribution is 6.02. The zero-order valence-corrected chi connectivity index (χ0v) is 23.9. The van der Waals surface area contributed by atoms with E-state index in [0.29, 0.717) is 41.1 Å². The lowest BCUT2D eigenvalue weighted by atomic mass is 9.94. The quantitative estimate of drug-likeness (QED) is 0.385. The summed E-state index contributed by atoms with van der Waals surface area (Å²) in [6.07, 6.45) is 4.18. The molecule has 10 nitrogen and oxygen atoms in total. The molecule has 0 saturated carbocycles. The monoisotopic (exact) mass is 579 g/mol. The van der Waals surface area contributed by atoms with E-state index in [1.54, 1.807) is 54.4 Å². The molecule has 1 aliphatic carbocycles. The number of hydrogen-bond acceptors (Lipinski definition) is 6. The topological polar surface area (TPSA) is 133 Å². The van der Waals surface area contributed by atoms with Crippen molar-refractivity contribution in [3.63, 3.8) is 0 Å². The molecule has 220 valence electrons. The molecule has 3 aromatic rings. The molecule has 3 N–H and O–H groups in total. The van der Waals surface area contributed by atoms with E-state index in [9.17, 15) is 14.4 Å². The average molecular weight is 580 g/mol. The lowest BCUT2D eigenvalue weighted by molar-refractivity contribution is -0.130. The summed E-state index contributed by atoms with van der Waals surface area (Å²) in [4.78, 5) is 40.7. The Kier molecular flexibility index (Phi) is 7.99. The van der Waals surface area contributed by atoms with Crippen LogP contribution in [0.4, 0.5) is 21.9 Å². The van der Waals surface area contributed by atoms with Crippen molar-refractivity contribution in [3.8, 4) is 11.8 Å². The molecule has 1 saturated heterocycles. The van der Waals surface area contributed by atoms with Gasteiger partial charge < -0.3 is 30.3 Å². The number of carbonyl (C=O) groups is 3. The normalized spacial score (nSPS) is 20.7. The Morgan fingerprint density at radius 3 is 2.56 bits per heavy atom. The van der Waals surface area contributed by atoms with E-state index in [2.05, 4.69) is 28.1 Å². The van der Waals surface area contributed by atoms with Crippen LogP contribution in [0.15, 0.2) is 60.7 Å². The Bertz CT molecular complexity index is 1620. The highest BCUT2D eigenvalue weighted by atomic mass is 16.5. The number of rotatable bonds is 5. The van der Waals surface area contributed by atoms with Gasteiger partial charge in [-0.25, -0.2) is 4.79 Å². The number of anilines is 3. The molecular formula is C33H33N5O5. The Morgan fingerprint density at radius 2 is 1.72 bits per heavy atom. The number of benzene rings is 3. The van der Waals surface area contributed by atoms with E-state index in [1.165, 1.54) is 11.1 Å². The zero-order chi connectivity index (χ0) is 29.9. The maximum atomic E-state index is 13.6. The van der Waals surface area contributed by atoms with E-state index in [4.69, 9.17) is 14.7 Å². The minimum Gasteiger partial charge on any atom is -0.490 e. The summed E-state index contributed by atoms with van der Waals surface area (Å²) in [7, 11) is 1.74. The van der Waals surface area contributed by atoms with Crippen LogP contribution in [0.1, 0.15) is 52.7 Å². The van der Waals surface area contributed by atoms with Crippen LogP contribution in [0.3, 0.4) is 0 Å². The molecule has 6 rings (SSSR count). The van der Waals surface area contributed by atoms with Gasteiger partial charge >= 0.3 is 6.03 Å². The van der Waals surface area contributed by atoms with Crippen molar-refractivity contribution in [2.75, 3.05) is 29.6 Å². The van der Waals surface area contributed by atoms with Crippen LogP contribution in [0.5, 0.6) is 5.75 Å². The second kappa shape index (κ2) is 12.2. The van der Waals surface area contributed by atoms with Crippen molar-refractivity contribution in [1.82, 2.24) is 4.90 Å². The SMILES string of the molecule is CN1C(=O)c2cc(NC(=O)Nc3cccc(C#N)c3)ccc2OC[C@H]2O[C@@H](CC(=O)Nc3ccc4c(c3)CCC4)CC[C@@H]21. The van der Waals surface area contributed by atoms with Crippen LogP contribution in [0.2, 0.25) is 0 Å². The molecule has 0 aromatic heterocycles. The number of likely N-dealkylation sites (N-methyl/N-ethyl adjacent to an activating group) is 1. The summed E-state index contributed by atoms with van der Waals surface area (Å²) in [6.45, 7) is 0.223. The maximum Gasteiger partial charge on any atom is 0.323 e. The number of fused-ring (bicyclic) bond motifs is 3. The fourth-order valence-corrected chi connectivity index (χ4v) is 6.13. The Morgan fingerprint density at radius 1 is 0.953 bits per heavy atom. The van der Waals surface area contributed by atoms with Crippen molar-refractivity contribution in [2.24, 2.45) is 0 Å². The number of nitrogens with one attached hydrogen (secondary N) is 3. The smallest absolute Gasteiger partial charge is 0.323 e. The minimum absolute atomic E-state index is 0.0928. The van der Waals surface area contributed by atoms with Crippen molar-refractivity contribution >= 4 is 34.9 Å². The van der Waals surface area contributed by atoms with Gasteiger partial charge in [-0.2, -0.15) is 5.26 Å². The van der Waals surface area contributed by atoms with Gasteiger partial charge in [0.15, 0.2) is 0 Å². The molecule has 0 radical (unpaired) electrons. The number of carbonyl (C=O) groups excluding carboxylic acids is 3. The summed E-state index contributed by atoms with van der Waals surface area (Å²) in [5, 5.41) is 17.5. The number of aryl methyl sites for hydroxylation is 2. The molecule has 2 aliphatic heterocycles. The highest BCUT2D eigenvalue weighted by Gasteiger charge is 2.39. The van der Waals surface area contributed by atoms with Gasteiger partial charge in [-0.3, -0.25) is 9.59 Å². The van der Waals surface area contributed by atoms with Crippen molar-refractivity contribution in [1.29, 1.82) is 5.26 Å². The third-order valence-corrected chi connectivity index (χ3v) is 8.31. The molecule has 3 aliphatic rings. The van der Waals surface area contributed by atoms with E-state index < -0.39 is 6.03 Å². The molecule has 0 unspecified atom stereocenters. The molecule has 0 bridgehead atoms. The zero-order valence-electron chi connectivity index (χ0n) is 23.9. The highest BCUT2D eigenvalue weighted by Crippen LogP contribution is 2.33. The fraction of sp³-hybridized carbons (Fsp3) is 0.333. The maximum absolute atomic E-state index is 13.6. The molecule has 2 heterocycles. The molecule has 3 aromatic carbocycles. The van der Waals surface area contributed by atoms with Gasteiger partial charge in [0.25, 0.3) is 5.91 Å². The minimum atomic E-state index is -0.505. The van der Waals surface area contributed by atoms with Crippen LogP contribution in [0.25, 0.3) is 0 Å². The van der Waals surface area contributed by atoms with Crippen molar-refractivity contribution in [3.05, 3.63) is 82.9 Å². The van der Waals surface area contributed by atoms with Gasteiger partial charge in [-0.1, -0.05) is 12.1 Å². The number of hydrogen-bond donors (Lipinski definition) is 3. The molecule has 3 atom stereocenters. The second-order valence-corrected chi connectivity index (χ2v) is 11.2. The van der Waals surface area contributed by atoms with Crippen molar-refractivity contribution < 1.29 is 23.9 Å². The third-order valence-electron chi connectivity index (χ3n) is 8.31. The van der Waals surface area contributed by atoms with E-state index >= 15 is 0 Å². The molecule has 43 heavy (non-hydrogen) atoms. The first-order chi connectivity index (χ1) is 20.9. The second-order valence-electron chi connectivity index (χ2n) is 11.2. The number of amides is 4. The van der Waals surface area contributed by atoms with Crippen LogP contribution < -0.4 is 20.7 Å². The number of nitrogens with zero attached hydrogens (tertiary/aromatic N) is 2. The lowest BCUT2D eigenvalue weighted by Gasteiger charge is -2.42. The Hall–Kier alpha value is -4.88. The summed E-state index contributed by atoms with van der Waals surface area (Å²) in [6, 6.07) is 18.9.